The highest BCUT2D eigenvalue weighted by Crippen LogP contribution is 2.22. The van der Waals surface area contributed by atoms with Gasteiger partial charge in [-0.2, -0.15) is 0 Å². The maximum atomic E-state index is 5.67. The number of hydrogen-bond acceptors (Lipinski definition) is 3. The molecule has 0 spiro atoms. The molecule has 0 radical (unpaired) electrons. The first-order valence-corrected chi connectivity index (χ1v) is 7.35. The zero-order chi connectivity index (χ0) is 12.4. The standard InChI is InChI=1S/C15H24N2O/c1-2-12-5-6-17(9-12)10-15-7-13(11-18-15)8-16-14-3-4-14/h7,11-12,14,16H,2-6,8-10H2,1H3. The van der Waals surface area contributed by atoms with Crippen LogP contribution < -0.4 is 5.32 Å². The second kappa shape index (κ2) is 5.45. The van der Waals surface area contributed by atoms with Crippen molar-refractivity contribution in [3.63, 3.8) is 0 Å². The maximum Gasteiger partial charge on any atom is 0.118 e. The summed E-state index contributed by atoms with van der Waals surface area (Å²) in [7, 11) is 0. The fourth-order valence-corrected chi connectivity index (χ4v) is 2.76. The molecule has 1 saturated heterocycles. The van der Waals surface area contributed by atoms with Gasteiger partial charge in [0.15, 0.2) is 0 Å². The van der Waals surface area contributed by atoms with Crippen molar-refractivity contribution in [3.8, 4) is 0 Å². The Morgan fingerprint density at radius 1 is 1.39 bits per heavy atom. The first kappa shape index (κ1) is 12.2. The summed E-state index contributed by atoms with van der Waals surface area (Å²) in [5, 5.41) is 3.52. The third-order valence-electron chi connectivity index (χ3n) is 4.21. The van der Waals surface area contributed by atoms with Crippen LogP contribution in [0.2, 0.25) is 0 Å². The van der Waals surface area contributed by atoms with Crippen LogP contribution in [0, 0.1) is 5.92 Å². The van der Waals surface area contributed by atoms with E-state index in [4.69, 9.17) is 4.42 Å². The van der Waals surface area contributed by atoms with Gasteiger partial charge in [-0.05, 0) is 37.8 Å². The largest absolute Gasteiger partial charge is 0.468 e. The average molecular weight is 248 g/mol. The molecule has 18 heavy (non-hydrogen) atoms. The molecule has 0 aromatic carbocycles. The quantitative estimate of drug-likeness (QED) is 0.839. The summed E-state index contributed by atoms with van der Waals surface area (Å²) < 4.78 is 5.67. The smallest absolute Gasteiger partial charge is 0.118 e. The monoisotopic (exact) mass is 248 g/mol. The Balaban J connectivity index is 1.47. The van der Waals surface area contributed by atoms with Crippen LogP contribution in [-0.4, -0.2) is 24.0 Å². The van der Waals surface area contributed by atoms with Gasteiger partial charge >= 0.3 is 0 Å². The van der Waals surface area contributed by atoms with Crippen molar-refractivity contribution in [3.05, 3.63) is 23.7 Å². The Bertz CT molecular complexity index is 384. The van der Waals surface area contributed by atoms with Crippen molar-refractivity contribution in [1.29, 1.82) is 0 Å². The van der Waals surface area contributed by atoms with E-state index < -0.39 is 0 Å². The van der Waals surface area contributed by atoms with Gasteiger partial charge in [0, 0.05) is 24.7 Å². The molecule has 0 bridgehead atoms. The molecule has 1 aliphatic heterocycles. The highest BCUT2D eigenvalue weighted by molar-refractivity contribution is 5.13. The highest BCUT2D eigenvalue weighted by atomic mass is 16.3. The molecule has 0 amide bonds. The Hall–Kier alpha value is -0.800. The number of rotatable bonds is 6. The van der Waals surface area contributed by atoms with Crippen LogP contribution in [-0.2, 0) is 13.1 Å². The highest BCUT2D eigenvalue weighted by Gasteiger charge is 2.22. The number of furan rings is 1. The minimum Gasteiger partial charge on any atom is -0.468 e. The molecule has 1 atom stereocenters. The predicted molar refractivity (Wildman–Crippen MR) is 72.2 cm³/mol. The first-order chi connectivity index (χ1) is 8.83. The predicted octanol–water partition coefficient (Wildman–Crippen LogP) is 2.76. The van der Waals surface area contributed by atoms with E-state index in [1.165, 1.54) is 44.3 Å². The number of hydrogen-bond donors (Lipinski definition) is 1. The lowest BCUT2D eigenvalue weighted by Gasteiger charge is -2.13. The minimum atomic E-state index is 0.771. The van der Waals surface area contributed by atoms with Crippen LogP contribution in [0.5, 0.6) is 0 Å². The van der Waals surface area contributed by atoms with Gasteiger partial charge in [-0.3, -0.25) is 4.90 Å². The molecule has 3 heteroatoms. The van der Waals surface area contributed by atoms with E-state index in [-0.39, 0.29) is 0 Å². The fraction of sp³-hybridized carbons (Fsp3) is 0.733. The maximum absolute atomic E-state index is 5.67. The van der Waals surface area contributed by atoms with E-state index in [0.29, 0.717) is 0 Å². The second-order valence-electron chi connectivity index (χ2n) is 5.87. The molecule has 3 nitrogen and oxygen atoms in total. The summed E-state index contributed by atoms with van der Waals surface area (Å²) in [5.41, 5.74) is 1.29. The van der Waals surface area contributed by atoms with Crippen molar-refractivity contribution >= 4 is 0 Å². The Labute approximate surface area is 110 Å². The molecule has 1 aliphatic carbocycles. The van der Waals surface area contributed by atoms with Crippen LogP contribution in [0.25, 0.3) is 0 Å². The lowest BCUT2D eigenvalue weighted by Crippen LogP contribution is -2.19. The van der Waals surface area contributed by atoms with Gasteiger partial charge in [0.2, 0.25) is 0 Å². The van der Waals surface area contributed by atoms with Crippen molar-refractivity contribution in [2.75, 3.05) is 13.1 Å². The molecule has 100 valence electrons. The molecule has 1 saturated carbocycles. The Morgan fingerprint density at radius 2 is 2.28 bits per heavy atom. The van der Waals surface area contributed by atoms with E-state index >= 15 is 0 Å². The summed E-state index contributed by atoms with van der Waals surface area (Å²) in [4.78, 5) is 2.52. The molecule has 3 rings (SSSR count). The van der Waals surface area contributed by atoms with Crippen LogP contribution in [0.3, 0.4) is 0 Å². The fourth-order valence-electron chi connectivity index (χ4n) is 2.76. The SMILES string of the molecule is CCC1CCN(Cc2cc(CNC3CC3)co2)C1. The zero-order valence-corrected chi connectivity index (χ0v) is 11.3. The van der Waals surface area contributed by atoms with Gasteiger partial charge in [0.05, 0.1) is 12.8 Å². The zero-order valence-electron chi connectivity index (χ0n) is 11.3. The molecule has 1 N–H and O–H groups in total. The topological polar surface area (TPSA) is 28.4 Å². The van der Waals surface area contributed by atoms with Crippen molar-refractivity contribution in [2.45, 2.75) is 51.7 Å². The van der Waals surface area contributed by atoms with Gasteiger partial charge in [-0.1, -0.05) is 13.3 Å². The van der Waals surface area contributed by atoms with E-state index in [2.05, 4.69) is 23.2 Å². The number of nitrogens with one attached hydrogen (secondary N) is 1. The summed E-state index contributed by atoms with van der Waals surface area (Å²) in [6, 6.07) is 2.99. The van der Waals surface area contributed by atoms with Crippen LogP contribution >= 0.6 is 0 Å². The van der Waals surface area contributed by atoms with Crippen LogP contribution in [0.1, 0.15) is 43.9 Å². The number of nitrogens with zero attached hydrogens (tertiary/aromatic N) is 1. The van der Waals surface area contributed by atoms with E-state index in [1.54, 1.807) is 0 Å². The third-order valence-corrected chi connectivity index (χ3v) is 4.21. The molecule has 2 aliphatic rings. The third kappa shape index (κ3) is 3.15. The summed E-state index contributed by atoms with van der Waals surface area (Å²) in [5.74, 6) is 2.02. The summed E-state index contributed by atoms with van der Waals surface area (Å²) in [6.07, 6.45) is 7.27. The van der Waals surface area contributed by atoms with Crippen LogP contribution in [0.15, 0.2) is 16.7 Å². The molecule has 1 unspecified atom stereocenters. The van der Waals surface area contributed by atoms with E-state index in [0.717, 1.165) is 30.8 Å². The molecular weight excluding hydrogens is 224 g/mol. The van der Waals surface area contributed by atoms with E-state index in [1.807, 2.05) is 6.26 Å². The molecule has 2 fully saturated rings. The molecule has 2 heterocycles. The van der Waals surface area contributed by atoms with Crippen molar-refractivity contribution < 1.29 is 4.42 Å². The molecule has 1 aromatic heterocycles. The molecular formula is C15H24N2O. The summed E-state index contributed by atoms with van der Waals surface area (Å²) in [6.45, 7) is 6.72. The lowest BCUT2D eigenvalue weighted by atomic mass is 10.1. The van der Waals surface area contributed by atoms with Crippen molar-refractivity contribution in [2.24, 2.45) is 5.92 Å². The Morgan fingerprint density at radius 3 is 3.00 bits per heavy atom. The number of likely N-dealkylation sites (tertiary alicyclic amines) is 1. The lowest BCUT2D eigenvalue weighted by molar-refractivity contribution is 0.285. The van der Waals surface area contributed by atoms with Gasteiger partial charge in [0.25, 0.3) is 0 Å². The first-order valence-electron chi connectivity index (χ1n) is 7.35. The van der Waals surface area contributed by atoms with Gasteiger partial charge in [-0.15, -0.1) is 0 Å². The average Bonchev–Trinajstić information content (AvgIpc) is 2.93. The molecule has 1 aromatic rings. The summed E-state index contributed by atoms with van der Waals surface area (Å²) >= 11 is 0. The Kier molecular flexibility index (Phi) is 3.71. The van der Waals surface area contributed by atoms with Gasteiger partial charge < -0.3 is 9.73 Å². The normalized spacial score (nSPS) is 24.8. The van der Waals surface area contributed by atoms with Gasteiger partial charge in [0.1, 0.15) is 5.76 Å². The van der Waals surface area contributed by atoms with E-state index in [9.17, 15) is 0 Å². The van der Waals surface area contributed by atoms with Crippen molar-refractivity contribution in [1.82, 2.24) is 10.2 Å². The van der Waals surface area contributed by atoms with Gasteiger partial charge in [-0.25, -0.2) is 0 Å². The van der Waals surface area contributed by atoms with Crippen LogP contribution in [0.4, 0.5) is 0 Å². The second-order valence-corrected chi connectivity index (χ2v) is 5.87. The minimum absolute atomic E-state index is 0.771.